The Morgan fingerprint density at radius 2 is 1.62 bits per heavy atom. The van der Waals surface area contributed by atoms with Crippen LogP contribution < -0.4 is 0 Å². The molecule has 0 saturated carbocycles. The Balaban J connectivity index is 0.00000128. The quantitative estimate of drug-likeness (QED) is 0.543. The molecule has 80 valence electrons. The van der Waals surface area contributed by atoms with Crippen LogP contribution in [-0.4, -0.2) is 29.6 Å². The van der Waals surface area contributed by atoms with Gasteiger partial charge in [0.1, 0.15) is 0 Å². The second kappa shape index (κ2) is 7.11. The number of fused-ring (bicyclic) bond motifs is 1. The molecule has 1 heteroatoms. The van der Waals surface area contributed by atoms with Crippen molar-refractivity contribution in [2.24, 2.45) is 0 Å². The van der Waals surface area contributed by atoms with E-state index >= 15 is 0 Å². The summed E-state index contributed by atoms with van der Waals surface area (Å²) < 4.78 is 0. The average Bonchev–Trinajstić information content (AvgIpc) is 2.30. The van der Waals surface area contributed by atoms with Gasteiger partial charge in [-0.05, 0) is 29.2 Å². The van der Waals surface area contributed by atoms with Gasteiger partial charge in [0.15, 0.2) is 0 Å². The van der Waals surface area contributed by atoms with E-state index in [0.29, 0.717) is 0 Å². The van der Waals surface area contributed by atoms with Gasteiger partial charge < -0.3 is 0 Å². The topological polar surface area (TPSA) is 0 Å². The van der Waals surface area contributed by atoms with E-state index in [4.69, 9.17) is 0 Å². The second-order valence-electron chi connectivity index (χ2n) is 4.10. The van der Waals surface area contributed by atoms with Gasteiger partial charge in [0.2, 0.25) is 0 Å². The van der Waals surface area contributed by atoms with Crippen molar-refractivity contribution in [1.29, 1.82) is 0 Å². The van der Waals surface area contributed by atoms with E-state index in [1.807, 2.05) is 0 Å². The van der Waals surface area contributed by atoms with E-state index in [-0.39, 0.29) is 29.6 Å². The molecule has 16 heavy (non-hydrogen) atoms. The van der Waals surface area contributed by atoms with Crippen LogP contribution in [0.15, 0.2) is 42.5 Å². The summed E-state index contributed by atoms with van der Waals surface area (Å²) in [6, 6.07) is 15.3. The third-order valence-corrected chi connectivity index (χ3v) is 2.93. The van der Waals surface area contributed by atoms with Gasteiger partial charge in [0, 0.05) is 0 Å². The number of unbranched alkanes of at least 4 members (excludes halogenated alkanes) is 2. The fourth-order valence-corrected chi connectivity index (χ4v) is 2.08. The third-order valence-electron chi connectivity index (χ3n) is 2.93. The molecule has 2 aromatic carbocycles. The van der Waals surface area contributed by atoms with Crippen LogP contribution in [-0.2, 0) is 6.42 Å². The molecule has 0 bridgehead atoms. The minimum absolute atomic E-state index is 0. The number of rotatable bonds is 4. The first-order valence-corrected chi connectivity index (χ1v) is 5.88. The molecule has 0 atom stereocenters. The number of hydrogen-bond acceptors (Lipinski definition) is 0. The normalized spacial score (nSPS) is 10.1. The average molecular weight is 222 g/mol. The standard InChI is InChI=1S/C15H18.Na.H/c1-2-3-4-8-13-10-7-11-14-9-5-6-12-15(13)14;;/h5-7,9-12H,2-4,8H2,1H3;;. The Morgan fingerprint density at radius 1 is 0.875 bits per heavy atom. The van der Waals surface area contributed by atoms with Crippen molar-refractivity contribution in [3.05, 3.63) is 48.0 Å². The fourth-order valence-electron chi connectivity index (χ4n) is 2.08. The van der Waals surface area contributed by atoms with Gasteiger partial charge in [-0.1, -0.05) is 62.2 Å². The van der Waals surface area contributed by atoms with E-state index in [1.165, 1.54) is 42.0 Å². The van der Waals surface area contributed by atoms with Crippen molar-refractivity contribution in [2.45, 2.75) is 32.6 Å². The molecule has 0 aliphatic rings. The van der Waals surface area contributed by atoms with E-state index in [2.05, 4.69) is 49.4 Å². The van der Waals surface area contributed by atoms with E-state index in [0.717, 1.165) is 0 Å². The molecule has 0 aromatic heterocycles. The fraction of sp³-hybridized carbons (Fsp3) is 0.333. The summed E-state index contributed by atoms with van der Waals surface area (Å²) >= 11 is 0. The molecule has 0 saturated heterocycles. The van der Waals surface area contributed by atoms with Crippen LogP contribution in [0.2, 0.25) is 0 Å². The van der Waals surface area contributed by atoms with Crippen molar-refractivity contribution in [1.82, 2.24) is 0 Å². The molecule has 0 aliphatic heterocycles. The Hall–Kier alpha value is -0.300. The van der Waals surface area contributed by atoms with Crippen LogP contribution in [0.25, 0.3) is 10.8 Å². The maximum absolute atomic E-state index is 2.26. The molecule has 2 aromatic rings. The predicted octanol–water partition coefficient (Wildman–Crippen LogP) is 3.92. The van der Waals surface area contributed by atoms with Crippen LogP contribution in [0.5, 0.6) is 0 Å². The van der Waals surface area contributed by atoms with Gasteiger partial charge in [0.25, 0.3) is 0 Å². The van der Waals surface area contributed by atoms with Gasteiger partial charge in [-0.2, -0.15) is 0 Å². The molecule has 0 heterocycles. The molecule has 0 spiro atoms. The first kappa shape index (κ1) is 13.8. The first-order valence-electron chi connectivity index (χ1n) is 5.88. The zero-order chi connectivity index (χ0) is 10.5. The molecule has 0 aliphatic carbocycles. The zero-order valence-corrected chi connectivity index (χ0v) is 9.37. The molecular formula is C15H19Na. The maximum atomic E-state index is 2.26. The molecular weight excluding hydrogens is 203 g/mol. The van der Waals surface area contributed by atoms with E-state index < -0.39 is 0 Å². The Kier molecular flexibility index (Phi) is 6.12. The van der Waals surface area contributed by atoms with Crippen molar-refractivity contribution in [2.75, 3.05) is 0 Å². The van der Waals surface area contributed by atoms with Gasteiger partial charge in [-0.15, -0.1) is 0 Å². The predicted molar refractivity (Wildman–Crippen MR) is 74.3 cm³/mol. The second-order valence-corrected chi connectivity index (χ2v) is 4.10. The minimum atomic E-state index is 0. The van der Waals surface area contributed by atoms with Crippen molar-refractivity contribution >= 4 is 40.3 Å². The molecule has 0 amide bonds. The van der Waals surface area contributed by atoms with Crippen molar-refractivity contribution < 1.29 is 0 Å². The molecule has 0 fully saturated rings. The van der Waals surface area contributed by atoms with Gasteiger partial charge >= 0.3 is 29.6 Å². The van der Waals surface area contributed by atoms with Crippen molar-refractivity contribution in [3.8, 4) is 0 Å². The summed E-state index contributed by atoms with van der Waals surface area (Å²) in [5, 5.41) is 2.79. The van der Waals surface area contributed by atoms with Crippen LogP contribution >= 0.6 is 0 Å². The summed E-state index contributed by atoms with van der Waals surface area (Å²) in [5.74, 6) is 0. The Labute approximate surface area is 120 Å². The monoisotopic (exact) mass is 222 g/mol. The van der Waals surface area contributed by atoms with Gasteiger partial charge in [-0.3, -0.25) is 0 Å². The molecule has 0 unspecified atom stereocenters. The van der Waals surface area contributed by atoms with Crippen molar-refractivity contribution in [3.63, 3.8) is 0 Å². The summed E-state index contributed by atoms with van der Waals surface area (Å²) in [4.78, 5) is 0. The number of aryl methyl sites for hydroxylation is 1. The number of benzene rings is 2. The zero-order valence-electron chi connectivity index (χ0n) is 9.37. The van der Waals surface area contributed by atoms with Gasteiger partial charge in [-0.25, -0.2) is 0 Å². The van der Waals surface area contributed by atoms with E-state index in [9.17, 15) is 0 Å². The van der Waals surface area contributed by atoms with Crippen LogP contribution in [0.4, 0.5) is 0 Å². The summed E-state index contributed by atoms with van der Waals surface area (Å²) in [6.45, 7) is 2.25. The summed E-state index contributed by atoms with van der Waals surface area (Å²) in [6.07, 6.45) is 5.16. The molecule has 0 nitrogen and oxygen atoms in total. The SMILES string of the molecule is CCCCCc1cccc2ccccc12.[NaH]. The first-order chi connectivity index (χ1) is 7.42. The summed E-state index contributed by atoms with van der Waals surface area (Å²) in [5.41, 5.74) is 1.50. The van der Waals surface area contributed by atoms with Gasteiger partial charge in [0.05, 0.1) is 0 Å². The summed E-state index contributed by atoms with van der Waals surface area (Å²) in [7, 11) is 0. The van der Waals surface area contributed by atoms with Crippen LogP contribution in [0.1, 0.15) is 31.7 Å². The Bertz CT molecular complexity index is 429. The Morgan fingerprint density at radius 3 is 2.44 bits per heavy atom. The van der Waals surface area contributed by atoms with Crippen LogP contribution in [0, 0.1) is 0 Å². The van der Waals surface area contributed by atoms with Crippen LogP contribution in [0.3, 0.4) is 0 Å². The molecule has 0 N–H and O–H groups in total. The third kappa shape index (κ3) is 3.35. The molecule has 2 rings (SSSR count). The number of hydrogen-bond donors (Lipinski definition) is 0. The molecule has 0 radical (unpaired) electrons. The van der Waals surface area contributed by atoms with E-state index in [1.54, 1.807) is 0 Å².